The highest BCUT2D eigenvalue weighted by molar-refractivity contribution is 14.0. The van der Waals surface area contributed by atoms with Gasteiger partial charge in [0.2, 0.25) is 0 Å². The van der Waals surface area contributed by atoms with Crippen LogP contribution in [0.5, 0.6) is 0 Å². The van der Waals surface area contributed by atoms with Gasteiger partial charge in [-0.2, -0.15) is 0 Å². The summed E-state index contributed by atoms with van der Waals surface area (Å²) in [6.45, 7) is 7.89. The molecule has 2 aliphatic heterocycles. The van der Waals surface area contributed by atoms with Gasteiger partial charge in [-0.05, 0) is 25.2 Å². The number of aromatic nitrogens is 1. The average molecular weight is 553 g/mol. The fourth-order valence-corrected chi connectivity index (χ4v) is 4.25. The highest BCUT2D eigenvalue weighted by Crippen LogP contribution is 2.21. The lowest BCUT2D eigenvalue weighted by Gasteiger charge is -2.38. The van der Waals surface area contributed by atoms with Gasteiger partial charge in [-0.15, -0.1) is 24.0 Å². The summed E-state index contributed by atoms with van der Waals surface area (Å²) in [6, 6.07) is 11.1. The molecule has 0 amide bonds. The third kappa shape index (κ3) is 5.80. The van der Waals surface area contributed by atoms with E-state index in [0.717, 1.165) is 64.1 Å². The van der Waals surface area contributed by atoms with Gasteiger partial charge in [0, 0.05) is 77.7 Å². The molecule has 2 saturated heterocycles. The van der Waals surface area contributed by atoms with E-state index in [1.54, 1.807) is 6.07 Å². The third-order valence-electron chi connectivity index (χ3n) is 6.09. The highest BCUT2D eigenvalue weighted by atomic mass is 127. The third-order valence-corrected chi connectivity index (χ3v) is 6.09. The number of nitrogens with one attached hydrogen (secondary N) is 1. The van der Waals surface area contributed by atoms with Crippen molar-refractivity contribution in [2.75, 3.05) is 76.3 Å². The van der Waals surface area contributed by atoms with Crippen LogP contribution < -0.4 is 15.1 Å². The summed E-state index contributed by atoms with van der Waals surface area (Å²) >= 11 is 0. The lowest BCUT2D eigenvalue weighted by atomic mass is 10.2. The Morgan fingerprint density at radius 1 is 0.969 bits per heavy atom. The highest BCUT2D eigenvalue weighted by Gasteiger charge is 2.22. The fourth-order valence-electron chi connectivity index (χ4n) is 4.25. The summed E-state index contributed by atoms with van der Waals surface area (Å²) in [4.78, 5) is 18.2. The number of hydrogen-bond acceptors (Lipinski definition) is 5. The van der Waals surface area contributed by atoms with E-state index in [1.165, 1.54) is 11.6 Å². The van der Waals surface area contributed by atoms with Gasteiger partial charge >= 0.3 is 0 Å². The second kappa shape index (κ2) is 11.6. The summed E-state index contributed by atoms with van der Waals surface area (Å²) in [5.74, 6) is 1.77. The number of guanidine groups is 1. The topological polar surface area (TPSA) is 50.2 Å². The van der Waals surface area contributed by atoms with Gasteiger partial charge in [-0.3, -0.25) is 4.99 Å². The number of para-hydroxylation sites is 1. The molecule has 4 rings (SSSR count). The van der Waals surface area contributed by atoms with Crippen LogP contribution in [0.4, 0.5) is 15.9 Å². The van der Waals surface area contributed by atoms with E-state index in [2.05, 4.69) is 48.0 Å². The zero-order chi connectivity index (χ0) is 21.6. The maximum atomic E-state index is 14.1. The van der Waals surface area contributed by atoms with Crippen molar-refractivity contribution in [2.45, 2.75) is 6.54 Å². The van der Waals surface area contributed by atoms with Crippen LogP contribution in [0.3, 0.4) is 0 Å². The number of piperazine rings is 2. The molecule has 0 bridgehead atoms. The molecule has 0 spiro atoms. The van der Waals surface area contributed by atoms with Crippen molar-refractivity contribution in [1.29, 1.82) is 0 Å². The van der Waals surface area contributed by atoms with Gasteiger partial charge < -0.3 is 24.9 Å². The van der Waals surface area contributed by atoms with E-state index in [4.69, 9.17) is 0 Å². The lowest BCUT2D eigenvalue weighted by molar-refractivity contribution is 0.311. The van der Waals surface area contributed by atoms with Crippen molar-refractivity contribution >= 4 is 41.4 Å². The molecule has 1 aromatic heterocycles. The SMILES string of the molecule is CN=C(NCc1cccnc1N1CCN(C)CC1)N1CCN(c2ccccc2F)CC1.I. The Kier molecular flexibility index (Phi) is 8.92. The first kappa shape index (κ1) is 24.5. The maximum Gasteiger partial charge on any atom is 0.194 e. The largest absolute Gasteiger partial charge is 0.366 e. The van der Waals surface area contributed by atoms with Crippen molar-refractivity contribution in [3.05, 3.63) is 54.0 Å². The van der Waals surface area contributed by atoms with Gasteiger partial charge in [-0.1, -0.05) is 18.2 Å². The number of benzene rings is 1. The monoisotopic (exact) mass is 553 g/mol. The fraction of sp³-hybridized carbons (Fsp3) is 0.478. The predicted octanol–water partition coefficient (Wildman–Crippen LogP) is 2.49. The van der Waals surface area contributed by atoms with E-state index in [9.17, 15) is 4.39 Å². The second-order valence-corrected chi connectivity index (χ2v) is 8.10. The Morgan fingerprint density at radius 3 is 2.34 bits per heavy atom. The van der Waals surface area contributed by atoms with Crippen LogP contribution in [-0.4, -0.2) is 87.2 Å². The quantitative estimate of drug-likeness (QED) is 0.357. The number of aliphatic imine (C=N–C) groups is 1. The summed E-state index contributed by atoms with van der Waals surface area (Å²) in [7, 11) is 3.98. The lowest BCUT2D eigenvalue weighted by Crippen LogP contribution is -2.52. The molecule has 0 radical (unpaired) electrons. The molecule has 2 fully saturated rings. The van der Waals surface area contributed by atoms with E-state index >= 15 is 0 Å². The zero-order valence-corrected chi connectivity index (χ0v) is 21.2. The molecule has 7 nitrogen and oxygen atoms in total. The molecule has 32 heavy (non-hydrogen) atoms. The molecule has 0 unspecified atom stereocenters. The zero-order valence-electron chi connectivity index (χ0n) is 18.9. The number of pyridine rings is 1. The Hall–Kier alpha value is -2.14. The normalized spacial score (nSPS) is 17.8. The van der Waals surface area contributed by atoms with Crippen LogP contribution >= 0.6 is 24.0 Å². The molecule has 0 saturated carbocycles. The molecular formula is C23H33FIN7. The van der Waals surface area contributed by atoms with E-state index in [0.29, 0.717) is 12.2 Å². The molecular weight excluding hydrogens is 520 g/mol. The Bertz CT molecular complexity index is 893. The summed E-state index contributed by atoms with van der Waals surface area (Å²) in [5, 5.41) is 3.52. The number of anilines is 2. The van der Waals surface area contributed by atoms with Gasteiger partial charge in [0.05, 0.1) is 5.69 Å². The molecule has 0 atom stereocenters. The summed E-state index contributed by atoms with van der Waals surface area (Å²) in [6.07, 6.45) is 1.87. The average Bonchev–Trinajstić information content (AvgIpc) is 2.81. The molecule has 1 N–H and O–H groups in total. The minimum atomic E-state index is -0.161. The first-order valence-electron chi connectivity index (χ1n) is 11.0. The van der Waals surface area contributed by atoms with Gasteiger partial charge in [-0.25, -0.2) is 9.37 Å². The molecule has 3 heterocycles. The molecule has 0 aliphatic carbocycles. The Morgan fingerprint density at radius 2 is 1.66 bits per heavy atom. The van der Waals surface area contributed by atoms with E-state index in [1.807, 2.05) is 31.4 Å². The standard InChI is InChI=1S/C23H32FN7.HI/c1-25-23(31-16-14-29(15-17-31)21-8-4-3-7-20(21)24)27-18-19-6-5-9-26-22(19)30-12-10-28(2)11-13-30;/h3-9H,10-18H2,1-2H3,(H,25,27);1H. The summed E-state index contributed by atoms with van der Waals surface area (Å²) < 4.78 is 14.1. The number of hydrogen-bond donors (Lipinski definition) is 1. The van der Waals surface area contributed by atoms with Gasteiger partial charge in [0.1, 0.15) is 11.6 Å². The molecule has 174 valence electrons. The minimum Gasteiger partial charge on any atom is -0.366 e. The van der Waals surface area contributed by atoms with Crippen LogP contribution in [-0.2, 0) is 6.54 Å². The van der Waals surface area contributed by atoms with Crippen molar-refractivity contribution < 1.29 is 4.39 Å². The van der Waals surface area contributed by atoms with E-state index in [-0.39, 0.29) is 29.8 Å². The summed E-state index contributed by atoms with van der Waals surface area (Å²) in [5.41, 5.74) is 1.86. The first-order valence-corrected chi connectivity index (χ1v) is 11.0. The van der Waals surface area contributed by atoms with Crippen molar-refractivity contribution in [3.8, 4) is 0 Å². The number of rotatable bonds is 4. The second-order valence-electron chi connectivity index (χ2n) is 8.10. The first-order chi connectivity index (χ1) is 15.2. The number of likely N-dealkylation sites (N-methyl/N-ethyl adjacent to an activating group) is 1. The molecule has 1 aromatic carbocycles. The van der Waals surface area contributed by atoms with Crippen molar-refractivity contribution in [2.24, 2.45) is 4.99 Å². The van der Waals surface area contributed by atoms with Crippen LogP contribution in [0.15, 0.2) is 47.6 Å². The predicted molar refractivity (Wildman–Crippen MR) is 140 cm³/mol. The molecule has 2 aromatic rings. The van der Waals surface area contributed by atoms with Crippen LogP contribution in [0.2, 0.25) is 0 Å². The van der Waals surface area contributed by atoms with Crippen molar-refractivity contribution in [3.63, 3.8) is 0 Å². The van der Waals surface area contributed by atoms with E-state index < -0.39 is 0 Å². The molecule has 9 heteroatoms. The minimum absolute atomic E-state index is 0. The van der Waals surface area contributed by atoms with Gasteiger partial charge in [0.15, 0.2) is 5.96 Å². The Balaban J connectivity index is 0.00000289. The van der Waals surface area contributed by atoms with Crippen LogP contribution in [0.1, 0.15) is 5.56 Å². The maximum absolute atomic E-state index is 14.1. The van der Waals surface area contributed by atoms with Gasteiger partial charge in [0.25, 0.3) is 0 Å². The number of nitrogens with zero attached hydrogens (tertiary/aromatic N) is 6. The smallest absolute Gasteiger partial charge is 0.194 e. The van der Waals surface area contributed by atoms with Crippen LogP contribution in [0.25, 0.3) is 0 Å². The molecule has 2 aliphatic rings. The van der Waals surface area contributed by atoms with Crippen molar-refractivity contribution in [1.82, 2.24) is 20.1 Å². The van der Waals surface area contributed by atoms with Crippen LogP contribution in [0, 0.1) is 5.82 Å². The Labute approximate surface area is 207 Å². The number of halogens is 2.